The number of rotatable bonds is 6. The topological polar surface area (TPSA) is 75.3 Å². The molecule has 0 aromatic heterocycles. The molecule has 0 saturated heterocycles. The minimum absolute atomic E-state index is 0.0855. The van der Waals surface area contributed by atoms with Crippen LogP contribution in [0.3, 0.4) is 0 Å². The smallest absolute Gasteiger partial charge is 0.346 e. The highest BCUT2D eigenvalue weighted by Gasteiger charge is 2.30. The summed E-state index contributed by atoms with van der Waals surface area (Å²) >= 11 is 0. The van der Waals surface area contributed by atoms with E-state index in [1.54, 1.807) is 6.92 Å². The average Bonchev–Trinajstić information content (AvgIpc) is 2.66. The molecule has 1 atom stereocenters. The van der Waals surface area contributed by atoms with Crippen molar-refractivity contribution < 1.29 is 26.4 Å². The summed E-state index contributed by atoms with van der Waals surface area (Å²) in [6.45, 7) is 1.42. The molecule has 2 aromatic carbocycles. The van der Waals surface area contributed by atoms with Gasteiger partial charge in [-0.05, 0) is 42.8 Å². The van der Waals surface area contributed by atoms with E-state index in [4.69, 9.17) is 6.42 Å². The lowest BCUT2D eigenvalue weighted by molar-refractivity contribution is -0.137. The monoisotopic (exact) mass is 410 g/mol. The van der Waals surface area contributed by atoms with Gasteiger partial charge in [-0.25, -0.2) is 8.42 Å². The number of hydrogen-bond acceptors (Lipinski definition) is 3. The molecule has 0 unspecified atom stereocenters. The van der Waals surface area contributed by atoms with E-state index in [0.29, 0.717) is 5.56 Å². The fourth-order valence-corrected chi connectivity index (χ4v) is 3.33. The molecule has 0 aliphatic heterocycles. The second-order valence-electron chi connectivity index (χ2n) is 5.87. The average molecular weight is 410 g/mol. The Morgan fingerprint density at radius 2 is 1.82 bits per heavy atom. The SMILES string of the molecule is C#CCNS(=O)(=O)c1cccc(C(=O)N[C@H](C)c2ccc(C(F)(F)F)cc2)c1. The van der Waals surface area contributed by atoms with Gasteiger partial charge in [-0.1, -0.05) is 24.1 Å². The number of nitrogens with one attached hydrogen (secondary N) is 2. The minimum Gasteiger partial charge on any atom is -0.346 e. The van der Waals surface area contributed by atoms with Gasteiger partial charge in [0.2, 0.25) is 10.0 Å². The van der Waals surface area contributed by atoms with Crippen molar-refractivity contribution in [3.8, 4) is 12.3 Å². The van der Waals surface area contributed by atoms with Gasteiger partial charge in [0.25, 0.3) is 5.91 Å². The number of terminal acetylenes is 1. The van der Waals surface area contributed by atoms with Crippen LogP contribution in [0.25, 0.3) is 0 Å². The number of benzene rings is 2. The van der Waals surface area contributed by atoms with Crippen molar-refractivity contribution in [2.45, 2.75) is 24.0 Å². The zero-order valence-corrected chi connectivity index (χ0v) is 15.6. The molecule has 0 heterocycles. The third-order valence-electron chi connectivity index (χ3n) is 3.86. The maximum Gasteiger partial charge on any atom is 0.416 e. The Bertz CT molecular complexity index is 994. The number of carbonyl (C=O) groups is 1. The van der Waals surface area contributed by atoms with Crippen LogP contribution in [0, 0.1) is 12.3 Å². The van der Waals surface area contributed by atoms with Gasteiger partial charge in [0.15, 0.2) is 0 Å². The highest BCUT2D eigenvalue weighted by atomic mass is 32.2. The molecule has 0 radical (unpaired) electrons. The van der Waals surface area contributed by atoms with Crippen molar-refractivity contribution in [3.63, 3.8) is 0 Å². The lowest BCUT2D eigenvalue weighted by atomic mass is 10.1. The Hall–Kier alpha value is -2.83. The van der Waals surface area contributed by atoms with Crippen LogP contribution in [-0.2, 0) is 16.2 Å². The largest absolute Gasteiger partial charge is 0.416 e. The summed E-state index contributed by atoms with van der Waals surface area (Å²) in [6, 6.07) is 9.16. The quantitative estimate of drug-likeness (QED) is 0.719. The number of alkyl halides is 3. The van der Waals surface area contributed by atoms with Crippen molar-refractivity contribution >= 4 is 15.9 Å². The normalized spacial score (nSPS) is 12.8. The molecule has 0 spiro atoms. The Morgan fingerprint density at radius 1 is 1.18 bits per heavy atom. The molecule has 2 N–H and O–H groups in total. The first-order valence-electron chi connectivity index (χ1n) is 8.06. The predicted octanol–water partition coefficient (Wildman–Crippen LogP) is 3.11. The predicted molar refractivity (Wildman–Crippen MR) is 97.8 cm³/mol. The van der Waals surface area contributed by atoms with Gasteiger partial charge >= 0.3 is 6.18 Å². The van der Waals surface area contributed by atoms with Crippen LogP contribution in [0.5, 0.6) is 0 Å². The molecule has 2 aromatic rings. The zero-order chi connectivity index (χ0) is 20.9. The summed E-state index contributed by atoms with van der Waals surface area (Å²) in [7, 11) is -3.86. The second kappa shape index (κ2) is 8.46. The maximum atomic E-state index is 12.6. The summed E-state index contributed by atoms with van der Waals surface area (Å²) < 4.78 is 64.3. The molecule has 5 nitrogen and oxygen atoms in total. The zero-order valence-electron chi connectivity index (χ0n) is 14.7. The van der Waals surface area contributed by atoms with E-state index in [0.717, 1.165) is 12.1 Å². The summed E-state index contributed by atoms with van der Waals surface area (Å²) in [5.74, 6) is 1.58. The van der Waals surface area contributed by atoms with E-state index in [1.807, 2.05) is 0 Å². The third-order valence-corrected chi connectivity index (χ3v) is 5.26. The second-order valence-corrected chi connectivity index (χ2v) is 7.64. The molecule has 9 heteroatoms. The van der Waals surface area contributed by atoms with Gasteiger partial charge in [-0.3, -0.25) is 4.79 Å². The summed E-state index contributed by atoms with van der Waals surface area (Å²) in [5.41, 5.74) is -0.227. The van der Waals surface area contributed by atoms with Crippen LogP contribution in [0.1, 0.15) is 34.5 Å². The molecule has 0 aliphatic carbocycles. The minimum atomic E-state index is -4.44. The van der Waals surface area contributed by atoms with Crippen LogP contribution in [-0.4, -0.2) is 20.9 Å². The van der Waals surface area contributed by atoms with E-state index in [9.17, 15) is 26.4 Å². The third kappa shape index (κ3) is 5.34. The van der Waals surface area contributed by atoms with E-state index in [-0.39, 0.29) is 17.0 Å². The number of sulfonamides is 1. The Morgan fingerprint density at radius 3 is 2.39 bits per heavy atom. The van der Waals surface area contributed by atoms with Crippen molar-refractivity contribution in [2.24, 2.45) is 0 Å². The molecular formula is C19H17F3N2O3S. The van der Waals surface area contributed by atoms with Crippen LogP contribution in [0.2, 0.25) is 0 Å². The van der Waals surface area contributed by atoms with Crippen LogP contribution < -0.4 is 10.0 Å². The summed E-state index contributed by atoms with van der Waals surface area (Å²) in [4.78, 5) is 12.3. The lowest BCUT2D eigenvalue weighted by Crippen LogP contribution is -2.28. The van der Waals surface area contributed by atoms with E-state index >= 15 is 0 Å². The standard InChI is InChI=1S/C19H17F3N2O3S/c1-3-11-23-28(26,27)17-6-4-5-15(12-17)18(25)24-13(2)14-7-9-16(10-8-14)19(20,21)22/h1,4-10,12-13,23H,11H2,2H3,(H,24,25)/t13-/m1/s1. The van der Waals surface area contributed by atoms with Gasteiger partial charge in [-0.15, -0.1) is 6.42 Å². The van der Waals surface area contributed by atoms with Crippen LogP contribution in [0.15, 0.2) is 53.4 Å². The fourth-order valence-electron chi connectivity index (χ4n) is 2.35. The van der Waals surface area contributed by atoms with Gasteiger partial charge in [-0.2, -0.15) is 17.9 Å². The van der Waals surface area contributed by atoms with Gasteiger partial charge in [0.05, 0.1) is 23.0 Å². The van der Waals surface area contributed by atoms with E-state index in [2.05, 4.69) is 16.0 Å². The maximum absolute atomic E-state index is 12.6. The number of carbonyl (C=O) groups excluding carboxylic acids is 1. The summed E-state index contributed by atoms with van der Waals surface area (Å²) in [6.07, 6.45) is 0.592. The fraction of sp³-hybridized carbons (Fsp3) is 0.211. The molecule has 0 fully saturated rings. The molecule has 148 valence electrons. The van der Waals surface area contributed by atoms with E-state index in [1.165, 1.54) is 36.4 Å². The highest BCUT2D eigenvalue weighted by Crippen LogP contribution is 2.29. The molecule has 0 bridgehead atoms. The summed E-state index contributed by atoms with van der Waals surface area (Å²) in [5, 5.41) is 2.62. The van der Waals surface area contributed by atoms with Crippen LogP contribution >= 0.6 is 0 Å². The molecule has 28 heavy (non-hydrogen) atoms. The first kappa shape index (κ1) is 21.5. The van der Waals surface area contributed by atoms with Crippen LogP contribution in [0.4, 0.5) is 13.2 Å². The van der Waals surface area contributed by atoms with Crippen molar-refractivity contribution in [3.05, 3.63) is 65.2 Å². The first-order chi connectivity index (χ1) is 13.0. The molecular weight excluding hydrogens is 393 g/mol. The van der Waals surface area contributed by atoms with Gasteiger partial charge in [0, 0.05) is 5.56 Å². The van der Waals surface area contributed by atoms with Crippen molar-refractivity contribution in [2.75, 3.05) is 6.54 Å². The Labute approximate surface area is 161 Å². The Balaban J connectivity index is 2.14. The van der Waals surface area contributed by atoms with Gasteiger partial charge < -0.3 is 5.32 Å². The molecule has 1 amide bonds. The number of halogens is 3. The number of amides is 1. The first-order valence-corrected chi connectivity index (χ1v) is 9.54. The lowest BCUT2D eigenvalue weighted by Gasteiger charge is -2.16. The highest BCUT2D eigenvalue weighted by molar-refractivity contribution is 7.89. The van der Waals surface area contributed by atoms with Crippen molar-refractivity contribution in [1.82, 2.24) is 10.0 Å². The van der Waals surface area contributed by atoms with E-state index < -0.39 is 33.7 Å². The molecule has 0 saturated carbocycles. The molecule has 2 rings (SSSR count). The van der Waals surface area contributed by atoms with Gasteiger partial charge in [0.1, 0.15) is 0 Å². The van der Waals surface area contributed by atoms with Crippen molar-refractivity contribution in [1.29, 1.82) is 0 Å². The number of hydrogen-bond donors (Lipinski definition) is 2. The Kier molecular flexibility index (Phi) is 6.48. The molecule has 0 aliphatic rings.